The molecule has 0 spiro atoms. The van der Waals surface area contributed by atoms with E-state index in [4.69, 9.17) is 0 Å². The zero-order valence-corrected chi connectivity index (χ0v) is 17.4. The molecule has 7 heteroatoms. The van der Waals surface area contributed by atoms with Gasteiger partial charge in [-0.05, 0) is 23.1 Å². The summed E-state index contributed by atoms with van der Waals surface area (Å²) in [6.07, 6.45) is -1.12. The monoisotopic (exact) mass is 409 g/mol. The van der Waals surface area contributed by atoms with E-state index in [1.54, 1.807) is 25.8 Å². The van der Waals surface area contributed by atoms with Gasteiger partial charge < -0.3 is 20.6 Å². The molecule has 7 nitrogen and oxygen atoms in total. The average molecular weight is 409 g/mol. The quantitative estimate of drug-likeness (QED) is 0.680. The Bertz CT molecular complexity index is 957. The van der Waals surface area contributed by atoms with Crippen LogP contribution in [0.4, 0.5) is 5.69 Å². The third kappa shape index (κ3) is 4.36. The van der Waals surface area contributed by atoms with E-state index in [0.29, 0.717) is 0 Å². The Balaban J connectivity index is 1.75. The highest BCUT2D eigenvalue weighted by atomic mass is 16.3. The highest BCUT2D eigenvalue weighted by Gasteiger charge is 2.33. The molecule has 0 radical (unpaired) electrons. The molecule has 0 fully saturated rings. The number of hydrogen-bond donors (Lipinski definition) is 3. The molecule has 2 aromatic rings. The molecule has 0 bridgehead atoms. The van der Waals surface area contributed by atoms with Crippen LogP contribution in [-0.4, -0.2) is 42.5 Å². The van der Waals surface area contributed by atoms with Crippen LogP contribution in [0.5, 0.6) is 0 Å². The predicted octanol–water partition coefficient (Wildman–Crippen LogP) is 2.01. The molecule has 2 atom stereocenters. The number of benzene rings is 2. The van der Waals surface area contributed by atoms with E-state index in [9.17, 15) is 19.5 Å². The van der Waals surface area contributed by atoms with Gasteiger partial charge in [0.25, 0.3) is 5.91 Å². The van der Waals surface area contributed by atoms with Gasteiger partial charge in [-0.3, -0.25) is 14.4 Å². The van der Waals surface area contributed by atoms with Crippen LogP contribution in [-0.2, 0) is 14.4 Å². The predicted molar refractivity (Wildman–Crippen MR) is 115 cm³/mol. The summed E-state index contributed by atoms with van der Waals surface area (Å²) in [5.41, 5.74) is 3.33. The summed E-state index contributed by atoms with van der Waals surface area (Å²) in [7, 11) is 1.69. The van der Waals surface area contributed by atoms with Crippen molar-refractivity contribution in [3.05, 3.63) is 54.1 Å². The first kappa shape index (κ1) is 21.5. The van der Waals surface area contributed by atoms with E-state index < -0.39 is 18.1 Å². The van der Waals surface area contributed by atoms with Gasteiger partial charge >= 0.3 is 0 Å². The Hall–Kier alpha value is -3.19. The average Bonchev–Trinajstić information content (AvgIpc) is 2.83. The second-order valence-corrected chi connectivity index (χ2v) is 7.73. The lowest BCUT2D eigenvalue weighted by Crippen LogP contribution is -2.42. The molecule has 30 heavy (non-hydrogen) atoms. The van der Waals surface area contributed by atoms with E-state index >= 15 is 0 Å². The van der Waals surface area contributed by atoms with Crippen molar-refractivity contribution >= 4 is 23.4 Å². The standard InChI is InChI=1S/C23H27N3O4/c1-14(2)21(28)22(29)24-13-12-19(27)25-20-17-10-5-4-8-15(17)16-9-6-7-11-18(16)26(3)23(20)30/h4-11,14,20-21,28H,12-13H2,1-3H3,(H,24,29)(H,25,27)/t20?,21-/m0/s1. The minimum Gasteiger partial charge on any atom is -0.383 e. The number of nitrogens with zero attached hydrogens (tertiary/aromatic N) is 1. The lowest BCUT2D eigenvalue weighted by atomic mass is 9.95. The van der Waals surface area contributed by atoms with Crippen LogP contribution in [0.1, 0.15) is 31.9 Å². The number of fused-ring (bicyclic) bond motifs is 3. The van der Waals surface area contributed by atoms with Gasteiger partial charge in [0.05, 0.1) is 5.69 Å². The number of hydrogen-bond acceptors (Lipinski definition) is 4. The number of nitrogens with one attached hydrogen (secondary N) is 2. The first-order chi connectivity index (χ1) is 14.3. The number of likely N-dealkylation sites (N-methyl/N-ethyl adjacent to an activating group) is 1. The Morgan fingerprint density at radius 1 is 1.07 bits per heavy atom. The van der Waals surface area contributed by atoms with Gasteiger partial charge in [0.2, 0.25) is 11.8 Å². The Kier molecular flexibility index (Phi) is 6.52. The lowest BCUT2D eigenvalue weighted by Gasteiger charge is -2.23. The van der Waals surface area contributed by atoms with Crippen molar-refractivity contribution in [2.45, 2.75) is 32.4 Å². The molecule has 1 unspecified atom stereocenters. The van der Waals surface area contributed by atoms with Gasteiger partial charge in [-0.1, -0.05) is 56.3 Å². The van der Waals surface area contributed by atoms with Gasteiger partial charge in [0.1, 0.15) is 12.1 Å². The fourth-order valence-corrected chi connectivity index (χ4v) is 3.51. The number of aliphatic hydroxyl groups excluding tert-OH is 1. The molecule has 1 aliphatic heterocycles. The van der Waals surface area contributed by atoms with Crippen LogP contribution >= 0.6 is 0 Å². The van der Waals surface area contributed by atoms with Gasteiger partial charge in [-0.15, -0.1) is 0 Å². The van der Waals surface area contributed by atoms with Gasteiger partial charge in [-0.25, -0.2) is 0 Å². The third-order valence-electron chi connectivity index (χ3n) is 5.26. The molecular formula is C23H27N3O4. The van der Waals surface area contributed by atoms with E-state index in [1.807, 2.05) is 48.5 Å². The molecule has 0 saturated carbocycles. The van der Waals surface area contributed by atoms with Crippen molar-refractivity contribution in [3.8, 4) is 11.1 Å². The summed E-state index contributed by atoms with van der Waals surface area (Å²) in [5, 5.41) is 15.1. The summed E-state index contributed by atoms with van der Waals surface area (Å²) >= 11 is 0. The van der Waals surface area contributed by atoms with Crippen LogP contribution in [0.25, 0.3) is 11.1 Å². The van der Waals surface area contributed by atoms with Crippen molar-refractivity contribution < 1.29 is 19.5 Å². The molecule has 3 amide bonds. The molecule has 2 aromatic carbocycles. The summed E-state index contributed by atoms with van der Waals surface area (Å²) in [4.78, 5) is 39.1. The fraction of sp³-hybridized carbons (Fsp3) is 0.348. The maximum atomic E-state index is 13.2. The zero-order valence-electron chi connectivity index (χ0n) is 17.4. The molecular weight excluding hydrogens is 382 g/mol. The first-order valence-corrected chi connectivity index (χ1v) is 10.0. The molecule has 3 N–H and O–H groups in total. The largest absolute Gasteiger partial charge is 0.383 e. The normalized spacial score (nSPS) is 16.4. The zero-order chi connectivity index (χ0) is 21.8. The molecule has 0 aromatic heterocycles. The third-order valence-corrected chi connectivity index (χ3v) is 5.26. The number of para-hydroxylation sites is 1. The molecule has 3 rings (SSSR count). The number of anilines is 1. The van der Waals surface area contributed by atoms with Crippen LogP contribution in [0.3, 0.4) is 0 Å². The van der Waals surface area contributed by atoms with Crippen LogP contribution in [0.15, 0.2) is 48.5 Å². The van der Waals surface area contributed by atoms with Crippen molar-refractivity contribution in [3.63, 3.8) is 0 Å². The number of carbonyl (C=O) groups is 3. The Labute approximate surface area is 176 Å². The van der Waals surface area contributed by atoms with E-state index in [1.165, 1.54) is 0 Å². The second-order valence-electron chi connectivity index (χ2n) is 7.73. The number of aliphatic hydroxyl groups is 1. The highest BCUT2D eigenvalue weighted by Crippen LogP contribution is 2.39. The summed E-state index contributed by atoms with van der Waals surface area (Å²) in [6.45, 7) is 3.55. The maximum Gasteiger partial charge on any atom is 0.253 e. The summed E-state index contributed by atoms with van der Waals surface area (Å²) in [5.74, 6) is -1.32. The fourth-order valence-electron chi connectivity index (χ4n) is 3.51. The summed E-state index contributed by atoms with van der Waals surface area (Å²) in [6, 6.07) is 14.3. The van der Waals surface area contributed by atoms with Crippen LogP contribution < -0.4 is 15.5 Å². The topological polar surface area (TPSA) is 98.7 Å². The molecule has 1 aliphatic rings. The minimum absolute atomic E-state index is 0.000829. The highest BCUT2D eigenvalue weighted by molar-refractivity contribution is 6.05. The van der Waals surface area contributed by atoms with E-state index in [0.717, 1.165) is 22.4 Å². The minimum atomic E-state index is -1.12. The first-order valence-electron chi connectivity index (χ1n) is 10.0. The van der Waals surface area contributed by atoms with Crippen molar-refractivity contribution in [1.29, 1.82) is 0 Å². The van der Waals surface area contributed by atoms with Crippen molar-refractivity contribution in [2.75, 3.05) is 18.5 Å². The number of carbonyl (C=O) groups excluding carboxylic acids is 3. The molecule has 0 saturated heterocycles. The SMILES string of the molecule is CC(C)[C@H](O)C(=O)NCCC(=O)NC1C(=O)N(C)c2ccccc2-c2ccccc21. The Morgan fingerprint density at radius 2 is 1.70 bits per heavy atom. The van der Waals surface area contributed by atoms with Crippen molar-refractivity contribution in [1.82, 2.24) is 10.6 Å². The lowest BCUT2D eigenvalue weighted by molar-refractivity contribution is -0.131. The number of rotatable bonds is 6. The second kappa shape index (κ2) is 9.09. The van der Waals surface area contributed by atoms with E-state index in [2.05, 4.69) is 10.6 Å². The van der Waals surface area contributed by atoms with Gasteiger partial charge in [0.15, 0.2) is 0 Å². The number of amides is 3. The smallest absolute Gasteiger partial charge is 0.253 e. The Morgan fingerprint density at radius 3 is 2.40 bits per heavy atom. The molecule has 0 aliphatic carbocycles. The van der Waals surface area contributed by atoms with E-state index in [-0.39, 0.29) is 30.7 Å². The molecule has 1 heterocycles. The molecule has 158 valence electrons. The van der Waals surface area contributed by atoms with Gasteiger partial charge in [-0.2, -0.15) is 0 Å². The van der Waals surface area contributed by atoms with Gasteiger partial charge in [0, 0.05) is 25.6 Å². The maximum absolute atomic E-state index is 13.2. The van der Waals surface area contributed by atoms with Crippen LogP contribution in [0.2, 0.25) is 0 Å². The summed E-state index contributed by atoms with van der Waals surface area (Å²) < 4.78 is 0. The van der Waals surface area contributed by atoms with Crippen molar-refractivity contribution in [2.24, 2.45) is 5.92 Å². The van der Waals surface area contributed by atoms with Crippen LogP contribution in [0, 0.1) is 5.92 Å².